The Kier molecular flexibility index (Phi) is 13.9. The van der Waals surface area contributed by atoms with E-state index in [1.165, 1.54) is 0 Å². The molecule has 0 saturated heterocycles. The third-order valence-corrected chi connectivity index (χ3v) is 6.57. The molecule has 2 N–H and O–H groups in total. The Hall–Kier alpha value is -5.40. The van der Waals surface area contributed by atoms with Crippen molar-refractivity contribution in [1.82, 2.24) is 0 Å². The molecule has 50 heavy (non-hydrogen) atoms. The van der Waals surface area contributed by atoms with Gasteiger partial charge in [0.05, 0.1) is 24.3 Å². The van der Waals surface area contributed by atoms with Crippen LogP contribution in [0.3, 0.4) is 0 Å². The third kappa shape index (κ3) is 11.9. The largest absolute Gasteiger partial charge is 0.494 e. The van der Waals surface area contributed by atoms with Crippen molar-refractivity contribution in [3.63, 3.8) is 0 Å². The lowest BCUT2D eigenvalue weighted by molar-refractivity contribution is -0.140. The fourth-order valence-corrected chi connectivity index (χ4v) is 4.32. The van der Waals surface area contributed by atoms with Crippen LogP contribution in [-0.2, 0) is 21.9 Å². The van der Waals surface area contributed by atoms with Crippen LogP contribution < -0.4 is 18.9 Å². The minimum absolute atomic E-state index is 0.0584. The van der Waals surface area contributed by atoms with Crippen molar-refractivity contribution in [2.45, 2.75) is 39.0 Å². The highest BCUT2D eigenvalue weighted by Crippen LogP contribution is 2.39. The lowest BCUT2D eigenvalue weighted by atomic mass is 10.0. The number of rotatable bonds is 14. The van der Waals surface area contributed by atoms with E-state index in [-0.39, 0.29) is 22.6 Å². The van der Waals surface area contributed by atoms with Crippen molar-refractivity contribution in [3.8, 4) is 45.3 Å². The third-order valence-electron chi connectivity index (χ3n) is 6.57. The number of alkyl halides is 6. The van der Waals surface area contributed by atoms with E-state index in [0.717, 1.165) is 49.2 Å². The van der Waals surface area contributed by atoms with Gasteiger partial charge in [-0.05, 0) is 84.6 Å². The summed E-state index contributed by atoms with van der Waals surface area (Å²) in [4.78, 5) is 21.4. The maximum Gasteiger partial charge on any atom is 0.416 e. The van der Waals surface area contributed by atoms with Gasteiger partial charge in [-0.15, -0.1) is 0 Å². The second-order valence-corrected chi connectivity index (χ2v) is 10.5. The highest BCUT2D eigenvalue weighted by molar-refractivity contribution is 5.75. The Morgan fingerprint density at radius 1 is 0.560 bits per heavy atom. The van der Waals surface area contributed by atoms with Crippen LogP contribution in [0.5, 0.6) is 23.0 Å². The van der Waals surface area contributed by atoms with Gasteiger partial charge in [0.25, 0.3) is 0 Å². The molecule has 0 aliphatic carbocycles. The van der Waals surface area contributed by atoms with Crippen LogP contribution in [0.1, 0.15) is 37.8 Å². The van der Waals surface area contributed by atoms with Crippen molar-refractivity contribution in [2.75, 3.05) is 26.4 Å². The zero-order valence-corrected chi connectivity index (χ0v) is 26.9. The van der Waals surface area contributed by atoms with Crippen molar-refractivity contribution in [1.29, 1.82) is 0 Å². The molecule has 0 atom stereocenters. The first kappa shape index (κ1) is 39.0. The molecule has 4 aromatic carbocycles. The maximum atomic E-state index is 13.0. The Labute approximate surface area is 283 Å². The standard InChI is InChI=1S/2C18H17F3O4/c1-2-9-24-14-6-3-12(4-7-14)15-10-13(18(19,20)21)5-8-16(15)25-11-17(22)23;1-2-8-24-14-5-3-4-12(9-14)15-10-13(18(19,20)21)6-7-16(15)25-11-17(22)23/h3-8,10H,2,9,11H2,1H3,(H,22,23);3-7,9-10H,2,8,11H2,1H3,(H,22,23). The summed E-state index contributed by atoms with van der Waals surface area (Å²) in [7, 11) is 0. The second-order valence-electron chi connectivity index (χ2n) is 10.5. The van der Waals surface area contributed by atoms with Crippen LogP contribution in [0.25, 0.3) is 22.3 Å². The van der Waals surface area contributed by atoms with Crippen LogP contribution in [0.15, 0.2) is 84.9 Å². The van der Waals surface area contributed by atoms with E-state index in [0.29, 0.717) is 35.8 Å². The number of hydrogen-bond acceptors (Lipinski definition) is 6. The number of benzene rings is 4. The zero-order chi connectivity index (χ0) is 36.9. The topological polar surface area (TPSA) is 112 Å². The Balaban J connectivity index is 0.000000270. The smallest absolute Gasteiger partial charge is 0.416 e. The summed E-state index contributed by atoms with van der Waals surface area (Å²) in [5.74, 6) is -1.19. The van der Waals surface area contributed by atoms with E-state index in [9.17, 15) is 35.9 Å². The lowest BCUT2D eigenvalue weighted by Gasteiger charge is -2.15. The first-order chi connectivity index (χ1) is 23.6. The number of halogens is 6. The van der Waals surface area contributed by atoms with E-state index >= 15 is 0 Å². The number of aliphatic carboxylic acids is 2. The molecule has 8 nitrogen and oxygen atoms in total. The Bertz CT molecular complexity index is 1720. The van der Waals surface area contributed by atoms with Gasteiger partial charge in [-0.25, -0.2) is 9.59 Å². The molecular formula is C36H34F6O8. The molecule has 0 aromatic heterocycles. The molecule has 0 aliphatic rings. The summed E-state index contributed by atoms with van der Waals surface area (Å²) in [5.41, 5.74) is -0.451. The average molecular weight is 709 g/mol. The van der Waals surface area contributed by atoms with Gasteiger partial charge in [0.2, 0.25) is 0 Å². The fourth-order valence-electron chi connectivity index (χ4n) is 4.32. The lowest BCUT2D eigenvalue weighted by Crippen LogP contribution is -2.11. The number of carbonyl (C=O) groups is 2. The molecule has 0 amide bonds. The molecular weight excluding hydrogens is 674 g/mol. The quantitative estimate of drug-likeness (QED) is 0.125. The molecule has 0 spiro atoms. The Morgan fingerprint density at radius 3 is 1.46 bits per heavy atom. The average Bonchev–Trinajstić information content (AvgIpc) is 3.07. The molecule has 0 fully saturated rings. The molecule has 0 unspecified atom stereocenters. The summed E-state index contributed by atoms with van der Waals surface area (Å²) in [6, 6.07) is 18.9. The van der Waals surface area contributed by atoms with Gasteiger partial charge in [-0.3, -0.25) is 0 Å². The summed E-state index contributed by atoms with van der Waals surface area (Å²) >= 11 is 0. The number of carboxylic acids is 2. The minimum Gasteiger partial charge on any atom is -0.494 e. The first-order valence-corrected chi connectivity index (χ1v) is 15.2. The maximum absolute atomic E-state index is 13.0. The molecule has 0 saturated carbocycles. The van der Waals surface area contributed by atoms with Crippen molar-refractivity contribution >= 4 is 11.9 Å². The summed E-state index contributed by atoms with van der Waals surface area (Å²) in [5, 5.41) is 17.5. The second kappa shape index (κ2) is 17.8. The number of carboxylic acid groups (broad SMARTS) is 2. The molecule has 4 rings (SSSR count). The summed E-state index contributed by atoms with van der Waals surface area (Å²) in [6.07, 6.45) is -7.40. The Morgan fingerprint density at radius 2 is 1.02 bits per heavy atom. The minimum atomic E-state index is -4.52. The van der Waals surface area contributed by atoms with Crippen LogP contribution in [0.2, 0.25) is 0 Å². The highest BCUT2D eigenvalue weighted by atomic mass is 19.4. The zero-order valence-electron chi connectivity index (χ0n) is 26.9. The molecule has 268 valence electrons. The normalized spacial score (nSPS) is 11.2. The van der Waals surface area contributed by atoms with Gasteiger partial charge in [0.1, 0.15) is 23.0 Å². The summed E-state index contributed by atoms with van der Waals surface area (Å²) in [6.45, 7) is 3.63. The molecule has 4 aromatic rings. The van der Waals surface area contributed by atoms with Crippen LogP contribution >= 0.6 is 0 Å². The van der Waals surface area contributed by atoms with Crippen molar-refractivity contribution < 1.29 is 65.1 Å². The van der Waals surface area contributed by atoms with Gasteiger partial charge in [-0.2, -0.15) is 26.3 Å². The molecule has 0 bridgehead atoms. The predicted molar refractivity (Wildman–Crippen MR) is 172 cm³/mol. The monoisotopic (exact) mass is 708 g/mol. The molecule has 0 radical (unpaired) electrons. The van der Waals surface area contributed by atoms with Crippen molar-refractivity contribution in [3.05, 3.63) is 96.1 Å². The highest BCUT2D eigenvalue weighted by Gasteiger charge is 2.32. The van der Waals surface area contributed by atoms with E-state index in [1.54, 1.807) is 48.5 Å². The first-order valence-electron chi connectivity index (χ1n) is 15.2. The molecule has 0 heterocycles. The van der Waals surface area contributed by atoms with Gasteiger partial charge in [0.15, 0.2) is 13.2 Å². The number of ether oxygens (including phenoxy) is 4. The molecule has 14 heteroatoms. The summed E-state index contributed by atoms with van der Waals surface area (Å²) < 4.78 is 99.2. The SMILES string of the molecule is CCCOc1ccc(-c2cc(C(F)(F)F)ccc2OCC(=O)O)cc1.CCCOc1cccc(-c2cc(C(F)(F)F)ccc2OCC(=O)O)c1. The van der Waals surface area contributed by atoms with Crippen LogP contribution in [0, 0.1) is 0 Å². The van der Waals surface area contributed by atoms with E-state index in [4.69, 9.17) is 29.2 Å². The van der Waals surface area contributed by atoms with Gasteiger partial charge in [0, 0.05) is 11.1 Å². The van der Waals surface area contributed by atoms with Gasteiger partial charge >= 0.3 is 24.3 Å². The van der Waals surface area contributed by atoms with Crippen LogP contribution in [-0.4, -0.2) is 48.6 Å². The van der Waals surface area contributed by atoms with Gasteiger partial charge < -0.3 is 29.2 Å². The van der Waals surface area contributed by atoms with Crippen LogP contribution in [0.4, 0.5) is 26.3 Å². The van der Waals surface area contributed by atoms with E-state index in [1.807, 2.05) is 13.8 Å². The number of hydrogen-bond donors (Lipinski definition) is 2. The predicted octanol–water partition coefficient (Wildman–Crippen LogP) is 9.25. The van der Waals surface area contributed by atoms with Crippen molar-refractivity contribution in [2.24, 2.45) is 0 Å². The van der Waals surface area contributed by atoms with E-state index in [2.05, 4.69) is 0 Å². The molecule has 0 aliphatic heterocycles. The van der Waals surface area contributed by atoms with E-state index < -0.39 is 48.6 Å². The van der Waals surface area contributed by atoms with Gasteiger partial charge in [-0.1, -0.05) is 38.1 Å². The fraction of sp³-hybridized carbons (Fsp3) is 0.278.